The van der Waals surface area contributed by atoms with Crippen LogP contribution < -0.4 is 5.32 Å². The van der Waals surface area contributed by atoms with Gasteiger partial charge in [-0.3, -0.25) is 19.2 Å². The highest BCUT2D eigenvalue weighted by molar-refractivity contribution is 5.95. The fourth-order valence-electron chi connectivity index (χ4n) is 3.72. The third kappa shape index (κ3) is 3.31. The van der Waals surface area contributed by atoms with Crippen molar-refractivity contribution >= 4 is 11.8 Å². The molecular weight excluding hydrogens is 306 g/mol. The second kappa shape index (κ2) is 7.34. The number of hydrogen-bond donors (Lipinski definition) is 1. The lowest BCUT2D eigenvalue weighted by atomic mass is 10.2. The van der Waals surface area contributed by atoms with Crippen LogP contribution in [0.4, 0.5) is 0 Å². The van der Waals surface area contributed by atoms with Crippen molar-refractivity contribution in [1.82, 2.24) is 24.9 Å². The summed E-state index contributed by atoms with van der Waals surface area (Å²) < 4.78 is 1.81. The van der Waals surface area contributed by atoms with Crippen molar-refractivity contribution < 1.29 is 9.59 Å². The number of carbonyl (C=O) groups excluding carboxylic acids is 2. The Balaban J connectivity index is 1.47. The van der Waals surface area contributed by atoms with E-state index in [9.17, 15) is 9.59 Å². The molecule has 1 N–H and O–H groups in total. The zero-order valence-corrected chi connectivity index (χ0v) is 14.6. The number of likely N-dealkylation sites (tertiary alicyclic amines) is 2. The Morgan fingerprint density at radius 3 is 2.75 bits per heavy atom. The summed E-state index contributed by atoms with van der Waals surface area (Å²) in [7, 11) is 0. The molecule has 2 fully saturated rings. The highest BCUT2D eigenvalue weighted by Gasteiger charge is 2.36. The zero-order chi connectivity index (χ0) is 17.1. The number of rotatable bonds is 6. The first-order valence-electron chi connectivity index (χ1n) is 8.95. The second-order valence-electron chi connectivity index (χ2n) is 6.59. The van der Waals surface area contributed by atoms with Gasteiger partial charge in [-0.05, 0) is 46.2 Å². The van der Waals surface area contributed by atoms with Crippen molar-refractivity contribution in [3.63, 3.8) is 0 Å². The summed E-state index contributed by atoms with van der Waals surface area (Å²) in [5, 5.41) is 7.10. The van der Waals surface area contributed by atoms with Crippen molar-refractivity contribution in [3.8, 4) is 0 Å². The van der Waals surface area contributed by atoms with Gasteiger partial charge in [0.25, 0.3) is 5.91 Å². The van der Waals surface area contributed by atoms with Gasteiger partial charge in [0.1, 0.15) is 0 Å². The van der Waals surface area contributed by atoms with Gasteiger partial charge in [0, 0.05) is 31.9 Å². The molecule has 0 aromatic carbocycles. The van der Waals surface area contributed by atoms with E-state index in [0.29, 0.717) is 18.7 Å². The van der Waals surface area contributed by atoms with Crippen LogP contribution in [0.3, 0.4) is 0 Å². The van der Waals surface area contributed by atoms with E-state index in [2.05, 4.69) is 15.3 Å². The van der Waals surface area contributed by atoms with Crippen LogP contribution in [0.25, 0.3) is 0 Å². The highest BCUT2D eigenvalue weighted by Crippen LogP contribution is 2.21. The molecule has 7 heteroatoms. The minimum absolute atomic E-state index is 0.0632. The maximum Gasteiger partial charge on any atom is 0.254 e. The van der Waals surface area contributed by atoms with Crippen LogP contribution in [0, 0.1) is 6.92 Å². The van der Waals surface area contributed by atoms with Crippen molar-refractivity contribution in [2.75, 3.05) is 32.7 Å². The van der Waals surface area contributed by atoms with Gasteiger partial charge in [0.05, 0.1) is 17.8 Å². The van der Waals surface area contributed by atoms with E-state index < -0.39 is 0 Å². The van der Waals surface area contributed by atoms with Crippen LogP contribution >= 0.6 is 0 Å². The number of aryl methyl sites for hydroxylation is 1. The van der Waals surface area contributed by atoms with Crippen LogP contribution in [0.5, 0.6) is 0 Å². The van der Waals surface area contributed by atoms with Crippen LogP contribution in [0.15, 0.2) is 6.20 Å². The van der Waals surface area contributed by atoms with Crippen molar-refractivity contribution in [2.24, 2.45) is 0 Å². The maximum atomic E-state index is 12.5. The van der Waals surface area contributed by atoms with Gasteiger partial charge < -0.3 is 10.2 Å². The Hall–Kier alpha value is -1.89. The fourth-order valence-corrected chi connectivity index (χ4v) is 3.72. The van der Waals surface area contributed by atoms with Gasteiger partial charge in [-0.15, -0.1) is 0 Å². The van der Waals surface area contributed by atoms with E-state index in [1.807, 2.05) is 18.7 Å². The topological polar surface area (TPSA) is 70.5 Å². The molecule has 3 heterocycles. The van der Waals surface area contributed by atoms with E-state index >= 15 is 0 Å². The number of nitrogens with zero attached hydrogens (tertiary/aromatic N) is 4. The first-order valence-corrected chi connectivity index (χ1v) is 8.95. The second-order valence-corrected chi connectivity index (χ2v) is 6.59. The van der Waals surface area contributed by atoms with Gasteiger partial charge in [-0.2, -0.15) is 5.10 Å². The van der Waals surface area contributed by atoms with Gasteiger partial charge in [0.2, 0.25) is 5.91 Å². The third-order valence-electron chi connectivity index (χ3n) is 5.17. The van der Waals surface area contributed by atoms with E-state index in [4.69, 9.17) is 0 Å². The summed E-state index contributed by atoms with van der Waals surface area (Å²) in [4.78, 5) is 28.9. The normalized spacial score (nSPS) is 21.7. The summed E-state index contributed by atoms with van der Waals surface area (Å²) in [5.74, 6) is 0.107. The Labute approximate surface area is 143 Å². The molecule has 1 unspecified atom stereocenters. The molecule has 7 nitrogen and oxygen atoms in total. The summed E-state index contributed by atoms with van der Waals surface area (Å²) in [6, 6.07) is 0.0632. The van der Waals surface area contributed by atoms with Gasteiger partial charge in [0.15, 0.2) is 0 Å². The Kier molecular flexibility index (Phi) is 5.18. The van der Waals surface area contributed by atoms with Gasteiger partial charge in [-0.1, -0.05) is 0 Å². The lowest BCUT2D eigenvalue weighted by molar-refractivity contribution is -0.131. The Morgan fingerprint density at radius 2 is 2.08 bits per heavy atom. The van der Waals surface area contributed by atoms with Crippen LogP contribution in [0.1, 0.15) is 42.2 Å². The smallest absolute Gasteiger partial charge is 0.254 e. The number of hydrogen-bond acceptors (Lipinski definition) is 4. The van der Waals surface area contributed by atoms with Crippen molar-refractivity contribution in [2.45, 2.75) is 45.7 Å². The maximum absolute atomic E-state index is 12.5. The molecule has 0 saturated carbocycles. The minimum atomic E-state index is -0.116. The molecule has 1 aromatic heterocycles. The standard InChI is InChI=1S/C17H27N5O2/c1-3-22-13(2)14(12-19-22)16(23)18-7-11-21-10-6-15(17(21)24)20-8-4-5-9-20/h12,15H,3-11H2,1-2H3,(H,18,23). The first-order chi connectivity index (χ1) is 11.6. The average Bonchev–Trinajstić information content (AvgIpc) is 3.28. The van der Waals surface area contributed by atoms with Crippen molar-refractivity contribution in [1.29, 1.82) is 0 Å². The average molecular weight is 333 g/mol. The monoisotopic (exact) mass is 333 g/mol. The molecule has 24 heavy (non-hydrogen) atoms. The Bertz CT molecular complexity index is 606. The molecule has 132 valence electrons. The molecule has 0 radical (unpaired) electrons. The van der Waals surface area contributed by atoms with Gasteiger partial charge in [-0.25, -0.2) is 0 Å². The lowest BCUT2D eigenvalue weighted by Gasteiger charge is -2.22. The van der Waals surface area contributed by atoms with E-state index in [-0.39, 0.29) is 17.9 Å². The van der Waals surface area contributed by atoms with Crippen LogP contribution in [-0.2, 0) is 11.3 Å². The molecule has 3 rings (SSSR count). The molecule has 2 amide bonds. The molecule has 0 spiro atoms. The molecule has 1 atom stereocenters. The third-order valence-corrected chi connectivity index (χ3v) is 5.17. The SMILES string of the molecule is CCn1ncc(C(=O)NCCN2CCC(N3CCCC3)C2=O)c1C. The largest absolute Gasteiger partial charge is 0.350 e. The number of carbonyl (C=O) groups is 2. The summed E-state index contributed by atoms with van der Waals surface area (Å²) in [6.07, 6.45) is 4.92. The summed E-state index contributed by atoms with van der Waals surface area (Å²) >= 11 is 0. The van der Waals surface area contributed by atoms with Crippen LogP contribution in [-0.4, -0.2) is 70.2 Å². The quantitative estimate of drug-likeness (QED) is 0.829. The first kappa shape index (κ1) is 17.0. The molecule has 2 saturated heterocycles. The lowest BCUT2D eigenvalue weighted by Crippen LogP contribution is -2.42. The minimum Gasteiger partial charge on any atom is -0.350 e. The van der Waals surface area contributed by atoms with Crippen molar-refractivity contribution in [3.05, 3.63) is 17.5 Å². The fraction of sp³-hybridized carbons (Fsp3) is 0.706. The predicted molar refractivity (Wildman–Crippen MR) is 90.8 cm³/mol. The molecular formula is C17H27N5O2. The van der Waals surface area contributed by atoms with E-state index in [1.54, 1.807) is 10.9 Å². The number of amides is 2. The molecule has 1 aromatic rings. The van der Waals surface area contributed by atoms with E-state index in [0.717, 1.165) is 38.3 Å². The summed E-state index contributed by atoms with van der Waals surface area (Å²) in [6.45, 7) is 8.59. The molecule has 0 bridgehead atoms. The molecule has 2 aliphatic rings. The van der Waals surface area contributed by atoms with E-state index in [1.165, 1.54) is 12.8 Å². The Morgan fingerprint density at radius 1 is 1.33 bits per heavy atom. The predicted octanol–water partition coefficient (Wildman–Crippen LogP) is 0.638. The van der Waals surface area contributed by atoms with Crippen LogP contribution in [0.2, 0.25) is 0 Å². The summed E-state index contributed by atoms with van der Waals surface area (Å²) in [5.41, 5.74) is 1.49. The molecule has 0 aliphatic carbocycles. The zero-order valence-electron chi connectivity index (χ0n) is 14.6. The number of nitrogens with one attached hydrogen (secondary N) is 1. The number of aromatic nitrogens is 2. The highest BCUT2D eigenvalue weighted by atomic mass is 16.2. The molecule has 2 aliphatic heterocycles. The van der Waals surface area contributed by atoms with Gasteiger partial charge >= 0.3 is 0 Å².